The minimum absolute atomic E-state index is 0.209. The van der Waals surface area contributed by atoms with Gasteiger partial charge in [0.2, 0.25) is 0 Å². The van der Waals surface area contributed by atoms with Crippen molar-refractivity contribution in [1.82, 2.24) is 0 Å². The Bertz CT molecular complexity index is 531. The van der Waals surface area contributed by atoms with Crippen molar-refractivity contribution in [2.24, 2.45) is 11.7 Å². The van der Waals surface area contributed by atoms with Crippen LogP contribution in [0.3, 0.4) is 0 Å². The van der Waals surface area contributed by atoms with E-state index in [9.17, 15) is 0 Å². The minimum Gasteiger partial charge on any atom is -0.366 e. The summed E-state index contributed by atoms with van der Waals surface area (Å²) in [7, 11) is 2.11. The molecule has 0 aliphatic carbocycles. The van der Waals surface area contributed by atoms with Gasteiger partial charge in [-0.2, -0.15) is 0 Å². The molecule has 0 aliphatic rings. The van der Waals surface area contributed by atoms with Crippen LogP contribution in [-0.4, -0.2) is 13.6 Å². The summed E-state index contributed by atoms with van der Waals surface area (Å²) in [6.07, 6.45) is 1.13. The molecule has 0 radical (unpaired) electrons. The van der Waals surface area contributed by atoms with E-state index in [4.69, 9.17) is 5.73 Å². The number of nitrogens with two attached hydrogens (primary N) is 1. The van der Waals surface area contributed by atoms with E-state index in [2.05, 4.69) is 74.3 Å². The summed E-state index contributed by atoms with van der Waals surface area (Å²) >= 11 is 0. The number of nitrogens with zero attached hydrogens (tertiary/aromatic N) is 1. The summed E-state index contributed by atoms with van der Waals surface area (Å²) in [5.74, 6) is 0.688. The molecule has 2 nitrogen and oxygen atoms in total. The van der Waals surface area contributed by atoms with E-state index in [0.717, 1.165) is 6.42 Å². The third-order valence-corrected chi connectivity index (χ3v) is 3.86. The van der Waals surface area contributed by atoms with Crippen LogP contribution in [0.25, 0.3) is 0 Å². The standard InChI is InChI=1S/C19H26N2/c1-15(2)13-16-9-11-17(12-10-16)19(14-20)21(3)18-7-5-4-6-8-18/h4-12,15,19H,13-14,20H2,1-3H3. The third kappa shape index (κ3) is 4.08. The molecule has 2 rings (SSSR count). The Labute approximate surface area is 128 Å². The largest absolute Gasteiger partial charge is 0.366 e. The lowest BCUT2D eigenvalue weighted by Gasteiger charge is -2.29. The summed E-state index contributed by atoms with van der Waals surface area (Å²) in [4.78, 5) is 2.25. The second kappa shape index (κ2) is 7.28. The summed E-state index contributed by atoms with van der Waals surface area (Å²) in [5.41, 5.74) is 9.88. The average Bonchev–Trinajstić information content (AvgIpc) is 2.50. The number of anilines is 1. The number of hydrogen-bond donors (Lipinski definition) is 1. The van der Waals surface area contributed by atoms with Crippen LogP contribution in [0.1, 0.15) is 31.0 Å². The van der Waals surface area contributed by atoms with Gasteiger partial charge in [-0.1, -0.05) is 56.3 Å². The summed E-state index contributed by atoms with van der Waals surface area (Å²) < 4.78 is 0. The fourth-order valence-corrected chi connectivity index (χ4v) is 2.71. The molecular formula is C19H26N2. The number of hydrogen-bond acceptors (Lipinski definition) is 2. The average molecular weight is 282 g/mol. The lowest BCUT2D eigenvalue weighted by Crippen LogP contribution is -2.30. The second-order valence-corrected chi connectivity index (χ2v) is 6.04. The van der Waals surface area contributed by atoms with Crippen LogP contribution in [0.5, 0.6) is 0 Å². The molecule has 0 spiro atoms. The highest BCUT2D eigenvalue weighted by atomic mass is 15.1. The Hall–Kier alpha value is -1.80. The van der Waals surface area contributed by atoms with Gasteiger partial charge >= 0.3 is 0 Å². The van der Waals surface area contributed by atoms with Gasteiger partial charge in [0.1, 0.15) is 0 Å². The van der Waals surface area contributed by atoms with Crippen molar-refractivity contribution < 1.29 is 0 Å². The quantitative estimate of drug-likeness (QED) is 0.867. The second-order valence-electron chi connectivity index (χ2n) is 6.04. The van der Waals surface area contributed by atoms with Crippen molar-refractivity contribution in [2.45, 2.75) is 26.3 Å². The van der Waals surface area contributed by atoms with E-state index in [1.54, 1.807) is 0 Å². The predicted molar refractivity (Wildman–Crippen MR) is 91.6 cm³/mol. The first-order valence-electron chi connectivity index (χ1n) is 7.68. The highest BCUT2D eigenvalue weighted by Gasteiger charge is 2.15. The highest BCUT2D eigenvalue weighted by Crippen LogP contribution is 2.25. The zero-order valence-corrected chi connectivity index (χ0v) is 13.3. The first kappa shape index (κ1) is 15.6. The Balaban J connectivity index is 2.17. The molecule has 0 fully saturated rings. The zero-order valence-electron chi connectivity index (χ0n) is 13.3. The maximum Gasteiger partial charge on any atom is 0.0661 e. The van der Waals surface area contributed by atoms with Crippen molar-refractivity contribution in [2.75, 3.05) is 18.5 Å². The van der Waals surface area contributed by atoms with Gasteiger partial charge in [-0.25, -0.2) is 0 Å². The molecule has 0 saturated heterocycles. The van der Waals surface area contributed by atoms with Gasteiger partial charge in [0.15, 0.2) is 0 Å². The fourth-order valence-electron chi connectivity index (χ4n) is 2.71. The normalized spacial score (nSPS) is 12.4. The molecular weight excluding hydrogens is 256 g/mol. The topological polar surface area (TPSA) is 29.3 Å². The van der Waals surface area contributed by atoms with Gasteiger partial charge in [0, 0.05) is 19.3 Å². The number of benzene rings is 2. The number of para-hydroxylation sites is 1. The Morgan fingerprint density at radius 3 is 2.10 bits per heavy atom. The van der Waals surface area contributed by atoms with Crippen molar-refractivity contribution >= 4 is 5.69 Å². The van der Waals surface area contributed by atoms with Crippen LogP contribution >= 0.6 is 0 Å². The molecule has 2 N–H and O–H groups in total. The SMILES string of the molecule is CC(C)Cc1ccc(C(CN)N(C)c2ccccc2)cc1. The molecule has 112 valence electrons. The van der Waals surface area contributed by atoms with E-state index < -0.39 is 0 Å². The molecule has 0 amide bonds. The molecule has 1 unspecified atom stereocenters. The summed E-state index contributed by atoms with van der Waals surface area (Å²) in [6.45, 7) is 5.11. The van der Waals surface area contributed by atoms with Crippen LogP contribution in [0.4, 0.5) is 5.69 Å². The van der Waals surface area contributed by atoms with E-state index in [0.29, 0.717) is 12.5 Å². The van der Waals surface area contributed by atoms with Crippen LogP contribution in [0.15, 0.2) is 54.6 Å². The van der Waals surface area contributed by atoms with Crippen LogP contribution < -0.4 is 10.6 Å². The summed E-state index contributed by atoms with van der Waals surface area (Å²) in [6, 6.07) is 19.5. The first-order valence-corrected chi connectivity index (χ1v) is 7.68. The maximum absolute atomic E-state index is 6.02. The molecule has 0 aromatic heterocycles. The molecule has 0 aliphatic heterocycles. The molecule has 1 atom stereocenters. The predicted octanol–water partition coefficient (Wildman–Crippen LogP) is 4.02. The summed E-state index contributed by atoms with van der Waals surface area (Å²) in [5, 5.41) is 0. The van der Waals surface area contributed by atoms with Gasteiger partial charge in [-0.05, 0) is 35.6 Å². The maximum atomic E-state index is 6.02. The fraction of sp³-hybridized carbons (Fsp3) is 0.368. The Kier molecular flexibility index (Phi) is 5.40. The minimum atomic E-state index is 0.209. The van der Waals surface area contributed by atoms with E-state index >= 15 is 0 Å². The molecule has 0 bridgehead atoms. The molecule has 0 saturated carbocycles. The monoisotopic (exact) mass is 282 g/mol. The number of rotatable bonds is 6. The Morgan fingerprint density at radius 1 is 0.952 bits per heavy atom. The van der Waals surface area contributed by atoms with Gasteiger partial charge in [-0.15, -0.1) is 0 Å². The smallest absolute Gasteiger partial charge is 0.0661 e. The van der Waals surface area contributed by atoms with E-state index in [1.165, 1.54) is 16.8 Å². The van der Waals surface area contributed by atoms with Gasteiger partial charge in [-0.3, -0.25) is 0 Å². The van der Waals surface area contributed by atoms with Crippen LogP contribution in [0.2, 0.25) is 0 Å². The van der Waals surface area contributed by atoms with Crippen molar-refractivity contribution in [3.63, 3.8) is 0 Å². The Morgan fingerprint density at radius 2 is 1.57 bits per heavy atom. The van der Waals surface area contributed by atoms with Crippen molar-refractivity contribution in [3.8, 4) is 0 Å². The molecule has 21 heavy (non-hydrogen) atoms. The van der Waals surface area contributed by atoms with Crippen molar-refractivity contribution in [1.29, 1.82) is 0 Å². The molecule has 0 heterocycles. The van der Waals surface area contributed by atoms with Gasteiger partial charge < -0.3 is 10.6 Å². The van der Waals surface area contributed by atoms with E-state index in [-0.39, 0.29) is 6.04 Å². The molecule has 2 aromatic carbocycles. The molecule has 2 aromatic rings. The highest BCUT2D eigenvalue weighted by molar-refractivity contribution is 5.48. The molecule has 2 heteroatoms. The number of likely N-dealkylation sites (N-methyl/N-ethyl adjacent to an activating group) is 1. The lowest BCUT2D eigenvalue weighted by molar-refractivity contribution is 0.645. The van der Waals surface area contributed by atoms with Gasteiger partial charge in [0.05, 0.1) is 6.04 Å². The van der Waals surface area contributed by atoms with Crippen LogP contribution in [-0.2, 0) is 6.42 Å². The lowest BCUT2D eigenvalue weighted by atomic mass is 9.98. The van der Waals surface area contributed by atoms with Crippen LogP contribution in [0, 0.1) is 5.92 Å². The van der Waals surface area contributed by atoms with Gasteiger partial charge in [0.25, 0.3) is 0 Å². The third-order valence-electron chi connectivity index (χ3n) is 3.86. The van der Waals surface area contributed by atoms with E-state index in [1.807, 2.05) is 6.07 Å². The zero-order chi connectivity index (χ0) is 15.2. The first-order chi connectivity index (χ1) is 10.1. The van der Waals surface area contributed by atoms with Crippen molar-refractivity contribution in [3.05, 3.63) is 65.7 Å².